The summed E-state index contributed by atoms with van der Waals surface area (Å²) < 4.78 is 11.2. The summed E-state index contributed by atoms with van der Waals surface area (Å²) in [6, 6.07) is 17.4. The molecule has 142 valence electrons. The molecule has 3 aromatic heterocycles. The number of carbonyl (C=O) groups is 1. The zero-order chi connectivity index (χ0) is 19.3. The molecule has 0 fully saturated rings. The highest BCUT2D eigenvalue weighted by Crippen LogP contribution is 2.23. The van der Waals surface area contributed by atoms with Crippen molar-refractivity contribution in [2.75, 3.05) is 0 Å². The standard InChI is InChI=1S/C22H20N2O3S/c1-16-20(23-22(27-16)17-7-3-2-4-8-17)13-21(25)24(14-18-9-5-11-26-18)15-19-10-6-12-28-19/h2-12H,13-15H2,1H3. The fraction of sp³-hybridized carbons (Fsp3) is 0.182. The van der Waals surface area contributed by atoms with Gasteiger partial charge in [-0.2, -0.15) is 0 Å². The number of carbonyl (C=O) groups excluding carboxylic acids is 1. The summed E-state index contributed by atoms with van der Waals surface area (Å²) in [7, 11) is 0. The first-order chi connectivity index (χ1) is 13.7. The van der Waals surface area contributed by atoms with Gasteiger partial charge in [0.15, 0.2) is 0 Å². The van der Waals surface area contributed by atoms with Gasteiger partial charge in [0, 0.05) is 10.4 Å². The van der Waals surface area contributed by atoms with Gasteiger partial charge in [0.1, 0.15) is 11.5 Å². The molecule has 0 aliphatic carbocycles. The molecule has 4 aromatic rings. The van der Waals surface area contributed by atoms with Crippen LogP contribution in [0.3, 0.4) is 0 Å². The molecule has 4 rings (SSSR count). The van der Waals surface area contributed by atoms with Crippen molar-refractivity contribution >= 4 is 17.2 Å². The maximum Gasteiger partial charge on any atom is 0.229 e. The van der Waals surface area contributed by atoms with Crippen LogP contribution in [0.4, 0.5) is 0 Å². The summed E-state index contributed by atoms with van der Waals surface area (Å²) in [4.78, 5) is 20.6. The Kier molecular flexibility index (Phi) is 5.39. The summed E-state index contributed by atoms with van der Waals surface area (Å²) in [6.45, 7) is 2.81. The van der Waals surface area contributed by atoms with E-state index in [1.807, 2.05) is 66.9 Å². The molecular formula is C22H20N2O3S. The Labute approximate surface area is 167 Å². The zero-order valence-corrected chi connectivity index (χ0v) is 16.3. The molecule has 28 heavy (non-hydrogen) atoms. The van der Waals surface area contributed by atoms with E-state index in [-0.39, 0.29) is 12.3 Å². The topological polar surface area (TPSA) is 59.5 Å². The smallest absolute Gasteiger partial charge is 0.229 e. The Balaban J connectivity index is 1.53. The number of aryl methyl sites for hydroxylation is 1. The molecule has 0 radical (unpaired) electrons. The van der Waals surface area contributed by atoms with E-state index in [9.17, 15) is 4.79 Å². The molecule has 0 saturated carbocycles. The van der Waals surface area contributed by atoms with Crippen molar-refractivity contribution in [3.8, 4) is 11.5 Å². The lowest BCUT2D eigenvalue weighted by atomic mass is 10.2. The van der Waals surface area contributed by atoms with Crippen molar-refractivity contribution in [3.63, 3.8) is 0 Å². The van der Waals surface area contributed by atoms with Crippen molar-refractivity contribution in [1.82, 2.24) is 9.88 Å². The average molecular weight is 392 g/mol. The van der Waals surface area contributed by atoms with Crippen LogP contribution < -0.4 is 0 Å². The minimum absolute atomic E-state index is 0.0131. The van der Waals surface area contributed by atoms with Crippen molar-refractivity contribution in [2.45, 2.75) is 26.4 Å². The summed E-state index contributed by atoms with van der Waals surface area (Å²) >= 11 is 1.63. The molecule has 0 bridgehead atoms. The minimum atomic E-state index is -0.0131. The number of amides is 1. The molecule has 0 aliphatic rings. The Morgan fingerprint density at radius 2 is 1.93 bits per heavy atom. The number of rotatable bonds is 7. The Morgan fingerprint density at radius 1 is 1.07 bits per heavy atom. The first-order valence-corrected chi connectivity index (χ1v) is 9.91. The van der Waals surface area contributed by atoms with Crippen LogP contribution >= 0.6 is 11.3 Å². The normalized spacial score (nSPS) is 10.9. The van der Waals surface area contributed by atoms with Gasteiger partial charge in [0.2, 0.25) is 11.8 Å². The highest BCUT2D eigenvalue weighted by atomic mass is 32.1. The molecule has 0 saturated heterocycles. The van der Waals surface area contributed by atoms with E-state index in [0.717, 1.165) is 16.2 Å². The van der Waals surface area contributed by atoms with E-state index < -0.39 is 0 Å². The van der Waals surface area contributed by atoms with Crippen LogP contribution in [-0.2, 0) is 24.3 Å². The molecule has 0 atom stereocenters. The average Bonchev–Trinajstić information content (AvgIpc) is 3.46. The molecule has 0 N–H and O–H groups in total. The summed E-state index contributed by atoms with van der Waals surface area (Å²) in [5.74, 6) is 1.95. The summed E-state index contributed by atoms with van der Waals surface area (Å²) in [5.41, 5.74) is 1.56. The van der Waals surface area contributed by atoms with E-state index in [1.165, 1.54) is 0 Å². The van der Waals surface area contributed by atoms with Gasteiger partial charge < -0.3 is 13.7 Å². The first kappa shape index (κ1) is 18.3. The number of thiophene rings is 1. The van der Waals surface area contributed by atoms with Gasteiger partial charge in [-0.1, -0.05) is 24.3 Å². The number of benzene rings is 1. The SMILES string of the molecule is Cc1oc(-c2ccccc2)nc1CC(=O)N(Cc1ccco1)Cc1cccs1. The fourth-order valence-electron chi connectivity index (χ4n) is 2.96. The van der Waals surface area contributed by atoms with Crippen LogP contribution in [0.1, 0.15) is 22.1 Å². The second-order valence-electron chi connectivity index (χ2n) is 6.47. The lowest BCUT2D eigenvalue weighted by Gasteiger charge is -2.20. The predicted molar refractivity (Wildman–Crippen MR) is 108 cm³/mol. The second-order valence-corrected chi connectivity index (χ2v) is 7.51. The molecular weight excluding hydrogens is 372 g/mol. The third-order valence-electron chi connectivity index (χ3n) is 4.44. The van der Waals surface area contributed by atoms with Crippen molar-refractivity contribution in [3.05, 3.63) is 88.3 Å². The number of furan rings is 1. The van der Waals surface area contributed by atoms with Gasteiger partial charge in [-0.3, -0.25) is 4.79 Å². The minimum Gasteiger partial charge on any atom is -0.467 e. The Bertz CT molecular complexity index is 985. The highest BCUT2D eigenvalue weighted by Gasteiger charge is 2.21. The Morgan fingerprint density at radius 3 is 2.64 bits per heavy atom. The van der Waals surface area contributed by atoms with Gasteiger partial charge in [-0.05, 0) is 42.6 Å². The van der Waals surface area contributed by atoms with Crippen LogP contribution in [-0.4, -0.2) is 15.8 Å². The van der Waals surface area contributed by atoms with Gasteiger partial charge >= 0.3 is 0 Å². The van der Waals surface area contributed by atoms with Crippen molar-refractivity contribution in [1.29, 1.82) is 0 Å². The van der Waals surface area contributed by atoms with E-state index >= 15 is 0 Å². The van der Waals surface area contributed by atoms with Crippen LogP contribution in [0.25, 0.3) is 11.5 Å². The molecule has 0 aliphatic heterocycles. The fourth-order valence-corrected chi connectivity index (χ4v) is 3.68. The van der Waals surface area contributed by atoms with Gasteiger partial charge in [-0.25, -0.2) is 4.98 Å². The zero-order valence-electron chi connectivity index (χ0n) is 15.5. The van der Waals surface area contributed by atoms with Crippen LogP contribution in [0.2, 0.25) is 0 Å². The number of hydrogen-bond donors (Lipinski definition) is 0. The molecule has 0 unspecified atom stereocenters. The lowest BCUT2D eigenvalue weighted by Crippen LogP contribution is -2.31. The quantitative estimate of drug-likeness (QED) is 0.440. The molecule has 1 aromatic carbocycles. The Hall–Kier alpha value is -3.12. The third-order valence-corrected chi connectivity index (χ3v) is 5.30. The van der Waals surface area contributed by atoms with Crippen molar-refractivity contribution in [2.24, 2.45) is 0 Å². The lowest BCUT2D eigenvalue weighted by molar-refractivity contribution is -0.132. The van der Waals surface area contributed by atoms with E-state index in [1.54, 1.807) is 22.5 Å². The third kappa shape index (κ3) is 4.23. The highest BCUT2D eigenvalue weighted by molar-refractivity contribution is 7.09. The van der Waals surface area contributed by atoms with Crippen molar-refractivity contribution < 1.29 is 13.6 Å². The second kappa shape index (κ2) is 8.27. The van der Waals surface area contributed by atoms with Crippen LogP contribution in [0.15, 0.2) is 75.1 Å². The molecule has 5 nitrogen and oxygen atoms in total. The summed E-state index contributed by atoms with van der Waals surface area (Å²) in [6.07, 6.45) is 1.81. The number of nitrogens with zero attached hydrogens (tertiary/aromatic N) is 2. The van der Waals surface area contributed by atoms with E-state index in [2.05, 4.69) is 4.98 Å². The summed E-state index contributed by atoms with van der Waals surface area (Å²) in [5, 5.41) is 2.01. The number of hydrogen-bond acceptors (Lipinski definition) is 5. The predicted octanol–water partition coefficient (Wildman–Crippen LogP) is 5.08. The molecule has 1 amide bonds. The molecule has 6 heteroatoms. The molecule has 3 heterocycles. The molecule has 0 spiro atoms. The van der Waals surface area contributed by atoms with Crippen LogP contribution in [0.5, 0.6) is 0 Å². The van der Waals surface area contributed by atoms with Gasteiger partial charge in [0.25, 0.3) is 0 Å². The monoisotopic (exact) mass is 392 g/mol. The first-order valence-electron chi connectivity index (χ1n) is 9.03. The number of aromatic nitrogens is 1. The maximum atomic E-state index is 13.1. The largest absolute Gasteiger partial charge is 0.467 e. The van der Waals surface area contributed by atoms with E-state index in [0.29, 0.717) is 30.4 Å². The van der Waals surface area contributed by atoms with E-state index in [4.69, 9.17) is 8.83 Å². The maximum absolute atomic E-state index is 13.1. The van der Waals surface area contributed by atoms with Gasteiger partial charge in [-0.15, -0.1) is 11.3 Å². The van der Waals surface area contributed by atoms with Gasteiger partial charge in [0.05, 0.1) is 31.5 Å². The van der Waals surface area contributed by atoms with Crippen LogP contribution in [0, 0.1) is 6.92 Å². The number of oxazole rings is 1.